The SMILES string of the molecule is CC(C)(C)[C@@H](O)C[C@@H](OCc1ccccc1)c1ccccc1. The molecule has 2 rings (SSSR count). The largest absolute Gasteiger partial charge is 0.392 e. The number of benzene rings is 2. The molecule has 2 aromatic carbocycles. The molecule has 2 atom stereocenters. The maximum absolute atomic E-state index is 10.4. The van der Waals surface area contributed by atoms with Crippen molar-refractivity contribution in [3.05, 3.63) is 71.8 Å². The van der Waals surface area contributed by atoms with Crippen LogP contribution in [-0.2, 0) is 11.3 Å². The van der Waals surface area contributed by atoms with Crippen LogP contribution in [0.15, 0.2) is 60.7 Å². The van der Waals surface area contributed by atoms with Crippen molar-refractivity contribution in [3.8, 4) is 0 Å². The van der Waals surface area contributed by atoms with E-state index in [-0.39, 0.29) is 11.5 Å². The van der Waals surface area contributed by atoms with Crippen LogP contribution in [0.5, 0.6) is 0 Å². The second kappa shape index (κ2) is 7.57. The number of ether oxygens (including phenoxy) is 1. The Bertz CT molecular complexity index is 543. The van der Waals surface area contributed by atoms with Gasteiger partial charge in [-0.2, -0.15) is 0 Å². The number of aliphatic hydroxyl groups is 1. The maximum Gasteiger partial charge on any atom is 0.0854 e. The van der Waals surface area contributed by atoms with Crippen molar-refractivity contribution < 1.29 is 9.84 Å². The average molecular weight is 298 g/mol. The Morgan fingerprint density at radius 3 is 2.00 bits per heavy atom. The fraction of sp³-hybridized carbons (Fsp3) is 0.400. The zero-order valence-corrected chi connectivity index (χ0v) is 13.7. The van der Waals surface area contributed by atoms with Crippen LogP contribution in [0.3, 0.4) is 0 Å². The summed E-state index contributed by atoms with van der Waals surface area (Å²) in [5.74, 6) is 0. The molecule has 0 spiro atoms. The Labute approximate surface area is 133 Å². The van der Waals surface area contributed by atoms with Gasteiger partial charge in [-0.1, -0.05) is 81.4 Å². The van der Waals surface area contributed by atoms with Crippen molar-refractivity contribution in [3.63, 3.8) is 0 Å². The summed E-state index contributed by atoms with van der Waals surface area (Å²) in [6.45, 7) is 6.71. The first-order valence-electron chi connectivity index (χ1n) is 7.85. The lowest BCUT2D eigenvalue weighted by Gasteiger charge is -2.29. The highest BCUT2D eigenvalue weighted by atomic mass is 16.5. The average Bonchev–Trinajstić information content (AvgIpc) is 2.52. The van der Waals surface area contributed by atoms with Gasteiger partial charge < -0.3 is 9.84 Å². The Morgan fingerprint density at radius 2 is 1.45 bits per heavy atom. The lowest BCUT2D eigenvalue weighted by molar-refractivity contribution is -0.0286. The van der Waals surface area contributed by atoms with E-state index >= 15 is 0 Å². The molecule has 0 radical (unpaired) electrons. The van der Waals surface area contributed by atoms with Crippen LogP contribution in [0.4, 0.5) is 0 Å². The van der Waals surface area contributed by atoms with Crippen molar-refractivity contribution in [2.45, 2.75) is 46.0 Å². The lowest BCUT2D eigenvalue weighted by Crippen LogP contribution is -2.28. The van der Waals surface area contributed by atoms with Crippen LogP contribution < -0.4 is 0 Å². The van der Waals surface area contributed by atoms with E-state index in [1.54, 1.807) is 0 Å². The van der Waals surface area contributed by atoms with Gasteiger partial charge in [-0.3, -0.25) is 0 Å². The lowest BCUT2D eigenvalue weighted by atomic mass is 9.85. The van der Waals surface area contributed by atoms with E-state index in [0.717, 1.165) is 11.1 Å². The summed E-state index contributed by atoms with van der Waals surface area (Å²) in [4.78, 5) is 0. The van der Waals surface area contributed by atoms with E-state index in [2.05, 4.69) is 45.0 Å². The first-order valence-corrected chi connectivity index (χ1v) is 7.85. The van der Waals surface area contributed by atoms with E-state index < -0.39 is 6.10 Å². The van der Waals surface area contributed by atoms with Crippen molar-refractivity contribution in [1.82, 2.24) is 0 Å². The zero-order valence-electron chi connectivity index (χ0n) is 13.7. The van der Waals surface area contributed by atoms with Crippen LogP contribution in [-0.4, -0.2) is 11.2 Å². The van der Waals surface area contributed by atoms with Gasteiger partial charge in [-0.05, 0) is 16.5 Å². The summed E-state index contributed by atoms with van der Waals surface area (Å²) in [6.07, 6.45) is 0.0875. The van der Waals surface area contributed by atoms with Crippen molar-refractivity contribution in [2.24, 2.45) is 5.41 Å². The van der Waals surface area contributed by atoms with Crippen LogP contribution in [0.2, 0.25) is 0 Å². The third kappa shape index (κ3) is 4.97. The van der Waals surface area contributed by atoms with Crippen molar-refractivity contribution in [1.29, 1.82) is 0 Å². The summed E-state index contributed by atoms with van der Waals surface area (Å²) >= 11 is 0. The molecule has 0 aliphatic carbocycles. The second-order valence-corrected chi connectivity index (χ2v) is 6.81. The quantitative estimate of drug-likeness (QED) is 0.834. The Hall–Kier alpha value is -1.64. The molecule has 0 saturated heterocycles. The van der Waals surface area contributed by atoms with Crippen LogP contribution in [0.25, 0.3) is 0 Å². The molecule has 0 unspecified atom stereocenters. The molecule has 118 valence electrons. The van der Waals surface area contributed by atoms with Crippen LogP contribution >= 0.6 is 0 Å². The van der Waals surface area contributed by atoms with E-state index in [9.17, 15) is 5.11 Å². The monoisotopic (exact) mass is 298 g/mol. The molecule has 0 fully saturated rings. The van der Waals surface area contributed by atoms with Crippen molar-refractivity contribution >= 4 is 0 Å². The topological polar surface area (TPSA) is 29.5 Å². The third-order valence-electron chi connectivity index (χ3n) is 3.90. The molecule has 0 amide bonds. The minimum absolute atomic E-state index is 0.101. The van der Waals surface area contributed by atoms with Gasteiger partial charge in [0.25, 0.3) is 0 Å². The second-order valence-electron chi connectivity index (χ2n) is 6.81. The summed E-state index contributed by atoms with van der Waals surface area (Å²) in [6, 6.07) is 20.3. The highest BCUT2D eigenvalue weighted by Crippen LogP contribution is 2.30. The minimum Gasteiger partial charge on any atom is -0.392 e. The molecule has 0 heterocycles. The smallest absolute Gasteiger partial charge is 0.0854 e. The predicted octanol–water partition coefficient (Wildman–Crippen LogP) is 4.74. The minimum atomic E-state index is -0.409. The molecule has 2 heteroatoms. The number of aliphatic hydroxyl groups excluding tert-OH is 1. The maximum atomic E-state index is 10.4. The first kappa shape index (κ1) is 16.7. The molecule has 0 aliphatic rings. The molecule has 0 aliphatic heterocycles. The molecule has 2 nitrogen and oxygen atoms in total. The number of rotatable bonds is 6. The number of hydrogen-bond acceptors (Lipinski definition) is 2. The van der Waals surface area contributed by atoms with Gasteiger partial charge in [-0.25, -0.2) is 0 Å². The van der Waals surface area contributed by atoms with Gasteiger partial charge in [0.15, 0.2) is 0 Å². The van der Waals surface area contributed by atoms with E-state index in [1.165, 1.54) is 0 Å². The first-order chi connectivity index (χ1) is 10.5. The predicted molar refractivity (Wildman–Crippen MR) is 90.5 cm³/mol. The van der Waals surface area contributed by atoms with E-state index in [1.807, 2.05) is 36.4 Å². The van der Waals surface area contributed by atoms with Crippen molar-refractivity contribution in [2.75, 3.05) is 0 Å². The number of hydrogen-bond donors (Lipinski definition) is 1. The van der Waals surface area contributed by atoms with Gasteiger partial charge in [0.1, 0.15) is 0 Å². The van der Waals surface area contributed by atoms with E-state index in [0.29, 0.717) is 13.0 Å². The summed E-state index contributed by atoms with van der Waals surface area (Å²) < 4.78 is 6.12. The van der Waals surface area contributed by atoms with Crippen LogP contribution in [0.1, 0.15) is 44.4 Å². The summed E-state index contributed by atoms with van der Waals surface area (Å²) in [7, 11) is 0. The summed E-state index contributed by atoms with van der Waals surface area (Å²) in [5.41, 5.74) is 2.11. The molecule has 1 N–H and O–H groups in total. The molecule has 2 aromatic rings. The zero-order chi connectivity index (χ0) is 16.0. The van der Waals surface area contributed by atoms with Gasteiger partial charge in [-0.15, -0.1) is 0 Å². The molecule has 0 aromatic heterocycles. The Morgan fingerprint density at radius 1 is 0.909 bits per heavy atom. The van der Waals surface area contributed by atoms with Gasteiger partial charge in [0, 0.05) is 6.42 Å². The van der Waals surface area contributed by atoms with Gasteiger partial charge in [0.2, 0.25) is 0 Å². The van der Waals surface area contributed by atoms with E-state index in [4.69, 9.17) is 4.74 Å². The highest BCUT2D eigenvalue weighted by Gasteiger charge is 2.26. The fourth-order valence-corrected chi connectivity index (χ4v) is 2.30. The fourth-order valence-electron chi connectivity index (χ4n) is 2.30. The van der Waals surface area contributed by atoms with Gasteiger partial charge >= 0.3 is 0 Å². The molecule has 0 bridgehead atoms. The molecule has 22 heavy (non-hydrogen) atoms. The van der Waals surface area contributed by atoms with Crippen LogP contribution in [0, 0.1) is 5.41 Å². The highest BCUT2D eigenvalue weighted by molar-refractivity contribution is 5.18. The van der Waals surface area contributed by atoms with Gasteiger partial charge in [0.05, 0.1) is 18.8 Å². The molecular weight excluding hydrogens is 272 g/mol. The molecular formula is C20H26O2. The Kier molecular flexibility index (Phi) is 5.76. The summed E-state index contributed by atoms with van der Waals surface area (Å²) in [5, 5.41) is 10.4. The molecule has 0 saturated carbocycles. The Balaban J connectivity index is 2.08. The standard InChI is InChI=1S/C20H26O2/c1-20(2,3)19(21)14-18(17-12-8-5-9-13-17)22-15-16-10-6-4-7-11-16/h4-13,18-19,21H,14-15H2,1-3H3/t18-,19+/m1/s1. The third-order valence-corrected chi connectivity index (χ3v) is 3.90. The normalized spacial score (nSPS) is 14.5.